The molecule has 0 nitrogen and oxygen atoms in total. The molecular weight excluding hydrogens is 203 g/mol. The summed E-state index contributed by atoms with van der Waals surface area (Å²) in [5.41, 5.74) is 0. The van der Waals surface area contributed by atoms with Crippen LogP contribution in [0.25, 0.3) is 0 Å². The summed E-state index contributed by atoms with van der Waals surface area (Å²) in [6.07, 6.45) is 4.16. The van der Waals surface area contributed by atoms with E-state index >= 15 is 0 Å². The minimum atomic E-state index is -0.894. The van der Waals surface area contributed by atoms with Crippen LogP contribution in [0.5, 0.6) is 0 Å². The molecule has 0 aliphatic carbocycles. The van der Waals surface area contributed by atoms with E-state index in [1.165, 1.54) is 19.3 Å². The number of hydrogen-bond acceptors (Lipinski definition) is 0. The molecular formula is C7H17Sn. The molecule has 0 aromatic rings. The van der Waals surface area contributed by atoms with Crippen molar-refractivity contribution < 1.29 is 0 Å². The molecule has 1 heteroatoms. The molecule has 49 valence electrons. The Morgan fingerprint density at radius 1 is 1.38 bits per heavy atom. The molecule has 0 atom stereocenters. The fourth-order valence-corrected chi connectivity index (χ4v) is 3.23. The van der Waals surface area contributed by atoms with Crippen LogP contribution in [-0.4, -0.2) is 19.8 Å². The predicted molar refractivity (Wildman–Crippen MR) is 42.7 cm³/mol. The van der Waals surface area contributed by atoms with E-state index in [4.69, 9.17) is 0 Å². The molecule has 0 aliphatic rings. The second-order valence-electron chi connectivity index (χ2n) is 2.62. The average Bonchev–Trinajstić information content (AvgIpc) is 1.66. The van der Waals surface area contributed by atoms with Crippen molar-refractivity contribution in [2.24, 2.45) is 0 Å². The fourth-order valence-electron chi connectivity index (χ4n) is 0.655. The molecule has 0 aromatic carbocycles. The first kappa shape index (κ1) is 8.80. The first-order valence-electron chi connectivity index (χ1n) is 3.60. The summed E-state index contributed by atoms with van der Waals surface area (Å²) < 4.78 is 2.59. The van der Waals surface area contributed by atoms with Gasteiger partial charge in [-0.25, -0.2) is 0 Å². The van der Waals surface area contributed by atoms with E-state index in [0.717, 1.165) is 0 Å². The number of rotatable bonds is 4. The Morgan fingerprint density at radius 2 is 2.00 bits per heavy atom. The van der Waals surface area contributed by atoms with E-state index in [2.05, 4.69) is 21.2 Å². The standard InChI is InChI=1S/C5H10.2CH3.Sn.H/c1-3-5-4-2;;;;/h1H,3-5H2,2H3;2*1H3;;. The van der Waals surface area contributed by atoms with Crippen LogP contribution in [0.3, 0.4) is 0 Å². The van der Waals surface area contributed by atoms with Gasteiger partial charge in [0.2, 0.25) is 0 Å². The number of unbranched alkanes of at least 4 members (excludes halogenated alkanes) is 2. The Morgan fingerprint density at radius 3 is 2.38 bits per heavy atom. The van der Waals surface area contributed by atoms with Gasteiger partial charge in [0, 0.05) is 0 Å². The molecule has 0 N–H and O–H groups in total. The monoisotopic (exact) mass is 221 g/mol. The van der Waals surface area contributed by atoms with E-state index in [1.807, 2.05) is 0 Å². The maximum absolute atomic E-state index is 2.59. The van der Waals surface area contributed by atoms with Crippen molar-refractivity contribution in [3.8, 4) is 0 Å². The Kier molecular flexibility index (Phi) is 6.52. The van der Waals surface area contributed by atoms with Gasteiger partial charge in [0.25, 0.3) is 0 Å². The zero-order valence-corrected chi connectivity index (χ0v) is 9.57. The van der Waals surface area contributed by atoms with Crippen LogP contribution in [0.15, 0.2) is 0 Å². The summed E-state index contributed by atoms with van der Waals surface area (Å²) in [7, 11) is 0. The molecule has 1 radical (unpaired) electrons. The molecule has 8 heavy (non-hydrogen) atoms. The third kappa shape index (κ3) is 6.80. The minimum absolute atomic E-state index is 0.894. The Hall–Kier alpha value is 0.799. The van der Waals surface area contributed by atoms with Crippen LogP contribution in [0.1, 0.15) is 26.2 Å². The third-order valence-electron chi connectivity index (χ3n) is 1.20. The van der Waals surface area contributed by atoms with Crippen molar-refractivity contribution in [2.45, 2.75) is 36.1 Å². The van der Waals surface area contributed by atoms with Crippen LogP contribution < -0.4 is 0 Å². The maximum atomic E-state index is 2.59. The van der Waals surface area contributed by atoms with Gasteiger partial charge in [0.15, 0.2) is 0 Å². The van der Waals surface area contributed by atoms with Gasteiger partial charge >= 0.3 is 60.3 Å². The zero-order valence-electron chi connectivity index (χ0n) is 6.28. The normalized spacial score (nSPS) is 10.5. The van der Waals surface area contributed by atoms with Crippen LogP contribution in [0.4, 0.5) is 0 Å². The Labute approximate surface area is 60.4 Å². The van der Waals surface area contributed by atoms with Crippen molar-refractivity contribution in [3.05, 3.63) is 4.44 Å². The molecule has 0 rings (SSSR count). The summed E-state index contributed by atoms with van der Waals surface area (Å²) in [4.78, 5) is 4.88. The average molecular weight is 220 g/mol. The molecule has 0 saturated heterocycles. The number of hydrogen-bond donors (Lipinski definition) is 0. The predicted octanol–water partition coefficient (Wildman–Crippen LogP) is 2.41. The van der Waals surface area contributed by atoms with Gasteiger partial charge in [-0.15, -0.1) is 0 Å². The molecule has 0 saturated carbocycles. The quantitative estimate of drug-likeness (QED) is 0.504. The molecule has 0 amide bonds. The van der Waals surface area contributed by atoms with Crippen LogP contribution >= 0.6 is 0 Å². The molecule has 0 fully saturated rings. The van der Waals surface area contributed by atoms with E-state index in [0.29, 0.717) is 0 Å². The van der Waals surface area contributed by atoms with E-state index in [9.17, 15) is 0 Å². The fraction of sp³-hybridized carbons (Fsp3) is 0.857. The molecule has 0 aromatic heterocycles. The van der Waals surface area contributed by atoms with E-state index in [1.54, 1.807) is 0 Å². The summed E-state index contributed by atoms with van der Waals surface area (Å²) in [5.74, 6) is 0. The second-order valence-corrected chi connectivity index (χ2v) is 11.1. The Balaban J connectivity index is 2.72. The molecule has 0 spiro atoms. The molecule has 0 aliphatic heterocycles. The van der Waals surface area contributed by atoms with Gasteiger partial charge in [-0.3, -0.25) is 0 Å². The first-order chi connectivity index (χ1) is 3.77. The van der Waals surface area contributed by atoms with Crippen molar-refractivity contribution in [1.29, 1.82) is 0 Å². The summed E-state index contributed by atoms with van der Waals surface area (Å²) in [5, 5.41) is 0. The first-order valence-corrected chi connectivity index (χ1v) is 12.1. The van der Waals surface area contributed by atoms with Crippen molar-refractivity contribution in [2.75, 3.05) is 0 Å². The van der Waals surface area contributed by atoms with Crippen molar-refractivity contribution in [3.63, 3.8) is 0 Å². The van der Waals surface area contributed by atoms with Gasteiger partial charge in [-0.05, 0) is 0 Å². The topological polar surface area (TPSA) is 0 Å². The van der Waals surface area contributed by atoms with Crippen molar-refractivity contribution >= 4 is 19.8 Å². The van der Waals surface area contributed by atoms with Crippen LogP contribution in [0, 0.1) is 4.44 Å². The van der Waals surface area contributed by atoms with Crippen LogP contribution in [-0.2, 0) is 0 Å². The third-order valence-corrected chi connectivity index (χ3v) is 4.84. The molecule has 0 heterocycles. The summed E-state index contributed by atoms with van der Waals surface area (Å²) >= 11 is -0.894. The molecule has 0 unspecified atom stereocenters. The van der Waals surface area contributed by atoms with E-state index in [-0.39, 0.29) is 0 Å². The van der Waals surface area contributed by atoms with Crippen LogP contribution in [0.2, 0.25) is 9.88 Å². The van der Waals surface area contributed by atoms with Crippen molar-refractivity contribution in [1.82, 2.24) is 0 Å². The van der Waals surface area contributed by atoms with Gasteiger partial charge in [-0.1, -0.05) is 0 Å². The SMILES string of the molecule is CCCC[CH][SnH]([CH3])[CH3]. The van der Waals surface area contributed by atoms with Gasteiger partial charge in [0.1, 0.15) is 0 Å². The van der Waals surface area contributed by atoms with E-state index < -0.39 is 19.8 Å². The molecule has 0 bridgehead atoms. The van der Waals surface area contributed by atoms with Gasteiger partial charge < -0.3 is 0 Å². The second kappa shape index (κ2) is 5.93. The summed E-state index contributed by atoms with van der Waals surface area (Å²) in [6.45, 7) is 2.25. The van der Waals surface area contributed by atoms with Gasteiger partial charge in [-0.2, -0.15) is 0 Å². The zero-order chi connectivity index (χ0) is 6.41. The summed E-state index contributed by atoms with van der Waals surface area (Å²) in [6, 6.07) is 0. The Bertz CT molecular complexity index is 41.7. The van der Waals surface area contributed by atoms with Gasteiger partial charge in [0.05, 0.1) is 0 Å².